The normalized spacial score (nSPS) is 13.4. The molecule has 2 rings (SSSR count). The third kappa shape index (κ3) is 4.83. The smallest absolute Gasteiger partial charge is 0.368 e. The van der Waals surface area contributed by atoms with Gasteiger partial charge in [-0.1, -0.05) is 36.4 Å². The van der Waals surface area contributed by atoms with Crippen LogP contribution in [0, 0.1) is 6.92 Å². The molecule has 2 aromatic rings. The number of sulfonamides is 1. The molecule has 0 saturated carbocycles. The molecule has 0 fully saturated rings. The number of primary amides is 1. The second-order valence-corrected chi connectivity index (χ2v) is 7.45. The monoisotopic (exact) mass is 386 g/mol. The van der Waals surface area contributed by atoms with Crippen LogP contribution < -0.4 is 10.5 Å². The fourth-order valence-electron chi connectivity index (χ4n) is 2.38. The van der Waals surface area contributed by atoms with Crippen LogP contribution >= 0.6 is 0 Å². The van der Waals surface area contributed by atoms with Gasteiger partial charge in [0.2, 0.25) is 15.9 Å². The molecule has 1 unspecified atom stereocenters. The lowest BCUT2D eigenvalue weighted by Gasteiger charge is -2.17. The zero-order chi connectivity index (χ0) is 19.5. The van der Waals surface area contributed by atoms with Crippen molar-refractivity contribution < 1.29 is 26.4 Å². The molecule has 2 aromatic carbocycles. The molecule has 9 heteroatoms. The first-order valence-electron chi connectivity index (χ1n) is 7.54. The fourth-order valence-corrected chi connectivity index (χ4v) is 3.61. The average Bonchev–Trinajstić information content (AvgIpc) is 2.54. The number of nitrogens with two attached hydrogens (primary N) is 1. The van der Waals surface area contributed by atoms with Crippen LogP contribution in [0.5, 0.6) is 0 Å². The van der Waals surface area contributed by atoms with Crippen LogP contribution in [0.4, 0.5) is 13.2 Å². The van der Waals surface area contributed by atoms with Gasteiger partial charge < -0.3 is 5.73 Å². The number of carbonyl (C=O) groups excluding carboxylic acids is 1. The number of alkyl halides is 3. The van der Waals surface area contributed by atoms with Gasteiger partial charge in [0, 0.05) is 0 Å². The van der Waals surface area contributed by atoms with E-state index in [0.29, 0.717) is 11.6 Å². The molecule has 0 aliphatic rings. The van der Waals surface area contributed by atoms with Gasteiger partial charge in [-0.3, -0.25) is 4.79 Å². The lowest BCUT2D eigenvalue weighted by atomic mass is 10.1. The molecule has 140 valence electrons. The number of nitrogens with one attached hydrogen (secondary N) is 1. The van der Waals surface area contributed by atoms with E-state index in [2.05, 4.69) is 4.72 Å². The standard InChI is InChI=1S/C17H17F3N2O3S/c1-11-7-8-13(10-14(11)17(18,19)20)26(24,25)22-15(16(21)23)9-12-5-3-2-4-6-12/h2-8,10,15,22H,9H2,1H3,(H2,21,23). The third-order valence-corrected chi connectivity index (χ3v) is 5.22. The maximum Gasteiger partial charge on any atom is 0.416 e. The highest BCUT2D eigenvalue weighted by molar-refractivity contribution is 7.89. The van der Waals surface area contributed by atoms with E-state index >= 15 is 0 Å². The molecule has 0 heterocycles. The molecule has 1 atom stereocenters. The number of halogens is 3. The Bertz CT molecular complexity index is 897. The summed E-state index contributed by atoms with van der Waals surface area (Å²) in [5, 5.41) is 0. The highest BCUT2D eigenvalue weighted by Gasteiger charge is 2.34. The Balaban J connectivity index is 2.32. The van der Waals surface area contributed by atoms with Crippen molar-refractivity contribution in [2.75, 3.05) is 0 Å². The summed E-state index contributed by atoms with van der Waals surface area (Å²) in [6.45, 7) is 1.23. The maximum absolute atomic E-state index is 13.0. The van der Waals surface area contributed by atoms with Gasteiger partial charge in [0.1, 0.15) is 6.04 Å². The van der Waals surface area contributed by atoms with Gasteiger partial charge in [-0.05, 0) is 36.6 Å². The van der Waals surface area contributed by atoms with Crippen LogP contribution in [0.15, 0.2) is 53.4 Å². The number of aryl methyl sites for hydroxylation is 1. The molecule has 1 amide bonds. The van der Waals surface area contributed by atoms with Crippen molar-refractivity contribution in [2.45, 2.75) is 30.5 Å². The Morgan fingerprint density at radius 1 is 1.15 bits per heavy atom. The predicted molar refractivity (Wildman–Crippen MR) is 89.6 cm³/mol. The van der Waals surface area contributed by atoms with Crippen LogP contribution in [-0.2, 0) is 27.4 Å². The van der Waals surface area contributed by atoms with E-state index in [1.165, 1.54) is 6.92 Å². The van der Waals surface area contributed by atoms with Crippen molar-refractivity contribution in [1.29, 1.82) is 0 Å². The lowest BCUT2D eigenvalue weighted by Crippen LogP contribution is -2.45. The summed E-state index contributed by atoms with van der Waals surface area (Å²) in [6, 6.07) is 9.88. The number of amides is 1. The van der Waals surface area contributed by atoms with Crippen LogP contribution in [0.1, 0.15) is 16.7 Å². The SMILES string of the molecule is Cc1ccc(S(=O)(=O)NC(Cc2ccccc2)C(N)=O)cc1C(F)(F)F. The Hall–Kier alpha value is -2.39. The number of benzene rings is 2. The summed E-state index contributed by atoms with van der Waals surface area (Å²) in [6.07, 6.45) is -4.71. The van der Waals surface area contributed by atoms with E-state index in [9.17, 15) is 26.4 Å². The van der Waals surface area contributed by atoms with Crippen LogP contribution in [0.25, 0.3) is 0 Å². The van der Waals surface area contributed by atoms with E-state index in [0.717, 1.165) is 12.1 Å². The zero-order valence-electron chi connectivity index (χ0n) is 13.7. The molecule has 0 bridgehead atoms. The largest absolute Gasteiger partial charge is 0.416 e. The molecule has 0 aliphatic heterocycles. The molecule has 3 N–H and O–H groups in total. The maximum atomic E-state index is 13.0. The van der Waals surface area contributed by atoms with Gasteiger partial charge >= 0.3 is 6.18 Å². The quantitative estimate of drug-likeness (QED) is 0.799. The summed E-state index contributed by atoms with van der Waals surface area (Å²) in [4.78, 5) is 11.0. The van der Waals surface area contributed by atoms with Crippen LogP contribution in [-0.4, -0.2) is 20.4 Å². The van der Waals surface area contributed by atoms with Gasteiger partial charge in [-0.15, -0.1) is 0 Å². The first kappa shape index (κ1) is 19.9. The van der Waals surface area contributed by atoms with Gasteiger partial charge in [0.25, 0.3) is 0 Å². The minimum absolute atomic E-state index is 0.0204. The van der Waals surface area contributed by atoms with E-state index in [1.54, 1.807) is 30.3 Å². The van der Waals surface area contributed by atoms with Gasteiger partial charge in [0.15, 0.2) is 0 Å². The second-order valence-electron chi connectivity index (χ2n) is 5.74. The third-order valence-electron chi connectivity index (χ3n) is 3.75. The predicted octanol–water partition coefficient (Wildman–Crippen LogP) is 2.39. The first-order chi connectivity index (χ1) is 12.0. The van der Waals surface area contributed by atoms with Crippen molar-refractivity contribution in [1.82, 2.24) is 4.72 Å². The topological polar surface area (TPSA) is 89.3 Å². The van der Waals surface area contributed by atoms with Crippen molar-refractivity contribution in [3.05, 3.63) is 65.2 Å². The Morgan fingerprint density at radius 2 is 1.77 bits per heavy atom. The van der Waals surface area contributed by atoms with E-state index in [1.807, 2.05) is 0 Å². The summed E-state index contributed by atoms with van der Waals surface area (Å²) in [5.74, 6) is -0.930. The van der Waals surface area contributed by atoms with Gasteiger partial charge in [0.05, 0.1) is 10.5 Å². The van der Waals surface area contributed by atoms with Crippen molar-refractivity contribution in [2.24, 2.45) is 5.73 Å². The molecule has 0 aliphatic carbocycles. The van der Waals surface area contributed by atoms with Crippen molar-refractivity contribution >= 4 is 15.9 Å². The molecular formula is C17H17F3N2O3S. The average molecular weight is 386 g/mol. The van der Waals surface area contributed by atoms with E-state index < -0.39 is 38.6 Å². The summed E-state index contributed by atoms with van der Waals surface area (Å²) in [7, 11) is -4.37. The summed E-state index contributed by atoms with van der Waals surface area (Å²) in [5.41, 5.74) is 4.74. The van der Waals surface area contributed by atoms with Gasteiger partial charge in [-0.25, -0.2) is 8.42 Å². The summed E-state index contributed by atoms with van der Waals surface area (Å²) < 4.78 is 66.0. The molecule has 0 saturated heterocycles. The van der Waals surface area contributed by atoms with Crippen LogP contribution in [0.2, 0.25) is 0 Å². The highest BCUT2D eigenvalue weighted by Crippen LogP contribution is 2.33. The Kier molecular flexibility index (Phi) is 5.72. The molecule has 0 aromatic heterocycles. The second kappa shape index (κ2) is 7.46. The highest BCUT2D eigenvalue weighted by atomic mass is 32.2. The van der Waals surface area contributed by atoms with Crippen LogP contribution in [0.3, 0.4) is 0 Å². The molecule has 0 spiro atoms. The first-order valence-corrected chi connectivity index (χ1v) is 9.02. The Labute approximate surface area is 149 Å². The minimum atomic E-state index is -4.69. The van der Waals surface area contributed by atoms with Crippen molar-refractivity contribution in [3.8, 4) is 0 Å². The molecule has 26 heavy (non-hydrogen) atoms. The van der Waals surface area contributed by atoms with E-state index in [4.69, 9.17) is 5.73 Å². The Morgan fingerprint density at radius 3 is 2.31 bits per heavy atom. The van der Waals surface area contributed by atoms with Crippen molar-refractivity contribution in [3.63, 3.8) is 0 Å². The minimum Gasteiger partial charge on any atom is -0.368 e. The molecule has 5 nitrogen and oxygen atoms in total. The zero-order valence-corrected chi connectivity index (χ0v) is 14.6. The number of hydrogen-bond donors (Lipinski definition) is 2. The van der Waals surface area contributed by atoms with E-state index in [-0.39, 0.29) is 12.0 Å². The number of rotatable bonds is 6. The lowest BCUT2D eigenvalue weighted by molar-refractivity contribution is -0.138. The summed E-state index contributed by atoms with van der Waals surface area (Å²) >= 11 is 0. The fraction of sp³-hybridized carbons (Fsp3) is 0.235. The van der Waals surface area contributed by atoms with Gasteiger partial charge in [-0.2, -0.15) is 17.9 Å². The molecular weight excluding hydrogens is 369 g/mol. The molecule has 0 radical (unpaired) electrons. The number of hydrogen-bond acceptors (Lipinski definition) is 3. The number of carbonyl (C=O) groups is 1.